The van der Waals surface area contributed by atoms with Gasteiger partial charge in [-0.25, -0.2) is 4.68 Å². The number of nitrogens with two attached hydrogens (primary N) is 1. The molecule has 0 aliphatic carbocycles. The summed E-state index contributed by atoms with van der Waals surface area (Å²) in [5.74, 6) is -1.15. The smallest absolute Gasteiger partial charge is 0.274 e. The maximum absolute atomic E-state index is 12.6. The summed E-state index contributed by atoms with van der Waals surface area (Å²) in [6.45, 7) is 3.72. The first-order valence-corrected chi connectivity index (χ1v) is 8.12. The third-order valence-corrected chi connectivity index (χ3v) is 4.05. The van der Waals surface area contributed by atoms with Gasteiger partial charge in [-0.05, 0) is 37.1 Å². The minimum atomic E-state index is -0.938. The molecule has 0 bridgehead atoms. The van der Waals surface area contributed by atoms with Gasteiger partial charge in [-0.3, -0.25) is 9.59 Å². The van der Waals surface area contributed by atoms with E-state index in [-0.39, 0.29) is 5.69 Å². The van der Waals surface area contributed by atoms with Crippen LogP contribution in [0.5, 0.6) is 0 Å². The highest BCUT2D eigenvalue weighted by Gasteiger charge is 2.24. The highest BCUT2D eigenvalue weighted by Crippen LogP contribution is 2.16. The van der Waals surface area contributed by atoms with Gasteiger partial charge in [0.25, 0.3) is 5.91 Å². The van der Waals surface area contributed by atoms with Crippen molar-refractivity contribution in [3.05, 3.63) is 77.1 Å². The zero-order chi connectivity index (χ0) is 18.7. The number of carbonyl (C=O) groups is 2. The average Bonchev–Trinajstić information content (AvgIpc) is 3.01. The fourth-order valence-corrected chi connectivity index (χ4v) is 2.71. The summed E-state index contributed by atoms with van der Waals surface area (Å²) in [5.41, 5.74) is 8.66. The van der Waals surface area contributed by atoms with E-state index in [0.717, 1.165) is 11.3 Å². The highest BCUT2D eigenvalue weighted by molar-refractivity contribution is 5.96. The second-order valence-corrected chi connectivity index (χ2v) is 5.99. The second-order valence-electron chi connectivity index (χ2n) is 5.99. The van der Waals surface area contributed by atoms with Gasteiger partial charge in [-0.2, -0.15) is 0 Å². The fraction of sp³-hybridized carbons (Fsp3) is 0.158. The van der Waals surface area contributed by atoms with Crippen molar-refractivity contribution in [2.24, 2.45) is 5.73 Å². The van der Waals surface area contributed by atoms with Crippen molar-refractivity contribution < 1.29 is 9.59 Å². The number of hydrogen-bond acceptors (Lipinski definition) is 4. The summed E-state index contributed by atoms with van der Waals surface area (Å²) < 4.78 is 1.59. The van der Waals surface area contributed by atoms with Gasteiger partial charge in [0, 0.05) is 0 Å². The van der Waals surface area contributed by atoms with E-state index < -0.39 is 17.9 Å². The molecule has 0 fully saturated rings. The van der Waals surface area contributed by atoms with Gasteiger partial charge in [0.15, 0.2) is 5.69 Å². The molecule has 3 rings (SSSR count). The van der Waals surface area contributed by atoms with Crippen LogP contribution in [0.3, 0.4) is 0 Å². The van der Waals surface area contributed by atoms with Gasteiger partial charge < -0.3 is 11.1 Å². The fourth-order valence-electron chi connectivity index (χ4n) is 2.71. The first kappa shape index (κ1) is 17.3. The Hall–Kier alpha value is -3.48. The Labute approximate surface area is 150 Å². The van der Waals surface area contributed by atoms with Crippen molar-refractivity contribution in [2.75, 3.05) is 0 Å². The van der Waals surface area contributed by atoms with E-state index in [9.17, 15) is 9.59 Å². The summed E-state index contributed by atoms with van der Waals surface area (Å²) in [5, 5.41) is 10.7. The SMILES string of the molecule is Cc1cccc(-n2nnc(C(=O)N[C@@H](C(N)=O)c3ccccc3)c2C)c1. The molecule has 0 aliphatic heterocycles. The Morgan fingerprint density at radius 2 is 1.81 bits per heavy atom. The van der Waals surface area contributed by atoms with Crippen LogP contribution in [0.2, 0.25) is 0 Å². The quantitative estimate of drug-likeness (QED) is 0.733. The van der Waals surface area contributed by atoms with E-state index in [4.69, 9.17) is 5.73 Å². The Bertz CT molecular complexity index is 950. The van der Waals surface area contributed by atoms with Crippen LogP contribution in [0, 0.1) is 13.8 Å². The van der Waals surface area contributed by atoms with Crippen molar-refractivity contribution in [3.63, 3.8) is 0 Å². The number of aryl methyl sites for hydroxylation is 1. The van der Waals surface area contributed by atoms with Gasteiger partial charge in [0.1, 0.15) is 6.04 Å². The van der Waals surface area contributed by atoms with Crippen LogP contribution in [0.15, 0.2) is 54.6 Å². The van der Waals surface area contributed by atoms with Gasteiger partial charge in [-0.1, -0.05) is 47.7 Å². The predicted molar refractivity (Wildman–Crippen MR) is 96.7 cm³/mol. The molecule has 7 nitrogen and oxygen atoms in total. The molecule has 1 heterocycles. The van der Waals surface area contributed by atoms with Crippen LogP contribution in [0.4, 0.5) is 0 Å². The number of aromatic nitrogens is 3. The minimum Gasteiger partial charge on any atom is -0.368 e. The Balaban J connectivity index is 1.87. The number of benzene rings is 2. The summed E-state index contributed by atoms with van der Waals surface area (Å²) in [6.07, 6.45) is 0. The molecule has 132 valence electrons. The maximum atomic E-state index is 12.6. The van der Waals surface area contributed by atoms with Gasteiger partial charge in [0.2, 0.25) is 5.91 Å². The van der Waals surface area contributed by atoms with Crippen molar-refractivity contribution in [1.82, 2.24) is 20.3 Å². The summed E-state index contributed by atoms with van der Waals surface area (Å²) >= 11 is 0. The lowest BCUT2D eigenvalue weighted by Gasteiger charge is -2.15. The van der Waals surface area contributed by atoms with Gasteiger partial charge in [0.05, 0.1) is 11.4 Å². The van der Waals surface area contributed by atoms with Crippen LogP contribution in [0.1, 0.15) is 33.4 Å². The van der Waals surface area contributed by atoms with Crippen molar-refractivity contribution in [2.45, 2.75) is 19.9 Å². The lowest BCUT2D eigenvalue weighted by atomic mass is 10.1. The van der Waals surface area contributed by atoms with E-state index in [2.05, 4.69) is 15.6 Å². The van der Waals surface area contributed by atoms with E-state index in [1.54, 1.807) is 35.9 Å². The van der Waals surface area contributed by atoms with Crippen LogP contribution in [-0.4, -0.2) is 26.8 Å². The normalized spacial score (nSPS) is 11.8. The molecule has 26 heavy (non-hydrogen) atoms. The molecule has 2 aromatic carbocycles. The Kier molecular flexibility index (Phi) is 4.79. The second kappa shape index (κ2) is 7.18. The first-order chi connectivity index (χ1) is 12.5. The van der Waals surface area contributed by atoms with Crippen molar-refractivity contribution >= 4 is 11.8 Å². The molecule has 0 saturated carbocycles. The molecule has 0 aliphatic rings. The van der Waals surface area contributed by atoms with Crippen LogP contribution in [-0.2, 0) is 4.79 Å². The van der Waals surface area contributed by atoms with E-state index >= 15 is 0 Å². The third kappa shape index (κ3) is 3.46. The lowest BCUT2D eigenvalue weighted by Crippen LogP contribution is -2.37. The third-order valence-electron chi connectivity index (χ3n) is 4.05. The summed E-state index contributed by atoms with van der Waals surface area (Å²) in [7, 11) is 0. The van der Waals surface area contributed by atoms with Crippen molar-refractivity contribution in [1.29, 1.82) is 0 Å². The molecule has 2 amide bonds. The molecule has 0 unspecified atom stereocenters. The number of amides is 2. The van der Waals surface area contributed by atoms with Crippen molar-refractivity contribution in [3.8, 4) is 5.69 Å². The number of hydrogen-bond donors (Lipinski definition) is 2. The van der Waals surface area contributed by atoms with Crippen LogP contribution < -0.4 is 11.1 Å². The number of nitrogens with one attached hydrogen (secondary N) is 1. The number of primary amides is 1. The molecule has 3 aromatic rings. The van der Waals surface area contributed by atoms with Gasteiger partial charge in [-0.15, -0.1) is 5.10 Å². The molecule has 3 N–H and O–H groups in total. The molecule has 1 atom stereocenters. The average molecular weight is 349 g/mol. The topological polar surface area (TPSA) is 103 Å². The minimum absolute atomic E-state index is 0.147. The number of rotatable bonds is 5. The molecule has 0 radical (unpaired) electrons. The lowest BCUT2D eigenvalue weighted by molar-refractivity contribution is -0.120. The number of carbonyl (C=O) groups excluding carboxylic acids is 2. The number of nitrogens with zero attached hydrogens (tertiary/aromatic N) is 3. The molecule has 1 aromatic heterocycles. The summed E-state index contributed by atoms with van der Waals surface area (Å²) in [4.78, 5) is 24.4. The summed E-state index contributed by atoms with van der Waals surface area (Å²) in [6, 6.07) is 15.6. The predicted octanol–water partition coefficient (Wildman–Crippen LogP) is 1.84. The van der Waals surface area contributed by atoms with E-state index in [1.807, 2.05) is 37.3 Å². The zero-order valence-electron chi connectivity index (χ0n) is 14.5. The molecular weight excluding hydrogens is 330 g/mol. The molecule has 7 heteroatoms. The highest BCUT2D eigenvalue weighted by atomic mass is 16.2. The van der Waals surface area contributed by atoms with Crippen LogP contribution in [0.25, 0.3) is 5.69 Å². The standard InChI is InChI=1S/C19H19N5O2/c1-12-7-6-10-15(11-12)24-13(2)16(22-23-24)19(26)21-17(18(20)25)14-8-4-3-5-9-14/h3-11,17H,1-2H3,(H2,20,25)(H,21,26)/t17-/m1/s1. The van der Waals surface area contributed by atoms with Crippen LogP contribution >= 0.6 is 0 Å². The largest absolute Gasteiger partial charge is 0.368 e. The molecule has 0 spiro atoms. The van der Waals surface area contributed by atoms with Gasteiger partial charge >= 0.3 is 0 Å². The monoisotopic (exact) mass is 349 g/mol. The molecular formula is C19H19N5O2. The zero-order valence-corrected chi connectivity index (χ0v) is 14.5. The Morgan fingerprint density at radius 3 is 2.46 bits per heavy atom. The van der Waals surface area contributed by atoms with E-state index in [0.29, 0.717) is 11.3 Å². The first-order valence-electron chi connectivity index (χ1n) is 8.12. The Morgan fingerprint density at radius 1 is 1.08 bits per heavy atom. The molecule has 0 saturated heterocycles. The maximum Gasteiger partial charge on any atom is 0.274 e. The van der Waals surface area contributed by atoms with E-state index in [1.165, 1.54) is 0 Å².